The van der Waals surface area contributed by atoms with Crippen LogP contribution in [0.15, 0.2) is 33.9 Å². The Hall–Kier alpha value is -1.53. The third-order valence-corrected chi connectivity index (χ3v) is 5.09. The maximum atomic E-state index is 12.3. The van der Waals surface area contributed by atoms with E-state index in [1.54, 1.807) is 6.07 Å². The molecule has 5 nitrogen and oxygen atoms in total. The van der Waals surface area contributed by atoms with Crippen LogP contribution in [0.2, 0.25) is 5.02 Å². The Kier molecular flexibility index (Phi) is 5.23. The zero-order valence-corrected chi connectivity index (χ0v) is 14.4. The summed E-state index contributed by atoms with van der Waals surface area (Å²) in [6.07, 6.45) is 3.36. The Labute approximate surface area is 144 Å². The van der Waals surface area contributed by atoms with Crippen molar-refractivity contribution in [3.63, 3.8) is 0 Å². The van der Waals surface area contributed by atoms with Crippen LogP contribution in [-0.4, -0.2) is 39.3 Å². The Morgan fingerprint density at radius 2 is 2.22 bits per heavy atom. The molecule has 1 aliphatic heterocycles. The number of piperidine rings is 1. The topological polar surface area (TPSA) is 59.2 Å². The average Bonchev–Trinajstić information content (AvgIpc) is 3.02. The minimum absolute atomic E-state index is 0.125. The predicted octanol–water partition coefficient (Wildman–Crippen LogP) is 3.88. The van der Waals surface area contributed by atoms with E-state index in [1.165, 1.54) is 18.2 Å². The average molecular weight is 352 g/mol. The minimum Gasteiger partial charge on any atom is -0.411 e. The van der Waals surface area contributed by atoms with Crippen LogP contribution in [0.1, 0.15) is 26.2 Å². The van der Waals surface area contributed by atoms with Gasteiger partial charge in [0, 0.05) is 12.6 Å². The second-order valence-electron chi connectivity index (χ2n) is 5.57. The van der Waals surface area contributed by atoms with Crippen LogP contribution in [0.4, 0.5) is 0 Å². The molecule has 23 heavy (non-hydrogen) atoms. The molecule has 1 aromatic heterocycles. The summed E-state index contributed by atoms with van der Waals surface area (Å²) in [7, 11) is 0. The molecule has 0 saturated carbocycles. The molecule has 1 aliphatic rings. The van der Waals surface area contributed by atoms with E-state index in [-0.39, 0.29) is 5.91 Å². The van der Waals surface area contributed by atoms with E-state index in [2.05, 4.69) is 17.1 Å². The number of carbonyl (C=O) groups excluding carboxylic acids is 1. The SMILES string of the molecule is C[C@H]1CCCCN1C(=O)CSc1nnc(-c2ccccc2Cl)o1. The molecule has 122 valence electrons. The van der Waals surface area contributed by atoms with Gasteiger partial charge >= 0.3 is 0 Å². The van der Waals surface area contributed by atoms with Crippen LogP contribution < -0.4 is 0 Å². The van der Waals surface area contributed by atoms with E-state index in [4.69, 9.17) is 16.0 Å². The highest BCUT2D eigenvalue weighted by Gasteiger charge is 2.23. The number of hydrogen-bond acceptors (Lipinski definition) is 5. The molecular formula is C16H18ClN3O2S. The molecule has 0 bridgehead atoms. The molecule has 1 amide bonds. The van der Waals surface area contributed by atoms with Gasteiger partial charge in [-0.1, -0.05) is 35.5 Å². The second-order valence-corrected chi connectivity index (χ2v) is 6.91. The molecule has 1 atom stereocenters. The number of thioether (sulfide) groups is 1. The van der Waals surface area contributed by atoms with Crippen LogP contribution >= 0.6 is 23.4 Å². The lowest BCUT2D eigenvalue weighted by Crippen LogP contribution is -2.42. The molecule has 7 heteroatoms. The lowest BCUT2D eigenvalue weighted by atomic mass is 10.0. The summed E-state index contributed by atoms with van der Waals surface area (Å²) >= 11 is 7.39. The fourth-order valence-electron chi connectivity index (χ4n) is 2.69. The second kappa shape index (κ2) is 7.36. The summed E-state index contributed by atoms with van der Waals surface area (Å²) in [6.45, 7) is 2.94. The first-order chi connectivity index (χ1) is 11.1. The number of likely N-dealkylation sites (tertiary alicyclic amines) is 1. The highest BCUT2D eigenvalue weighted by atomic mass is 35.5. The van der Waals surface area contributed by atoms with Gasteiger partial charge in [-0.05, 0) is 38.3 Å². The zero-order chi connectivity index (χ0) is 16.2. The molecule has 1 aromatic carbocycles. The molecular weight excluding hydrogens is 334 g/mol. The van der Waals surface area contributed by atoms with Gasteiger partial charge in [0.05, 0.1) is 16.3 Å². The maximum absolute atomic E-state index is 12.3. The molecule has 0 N–H and O–H groups in total. The van der Waals surface area contributed by atoms with Crippen molar-refractivity contribution < 1.29 is 9.21 Å². The third kappa shape index (κ3) is 3.87. The molecule has 0 aliphatic carbocycles. The van der Waals surface area contributed by atoms with E-state index < -0.39 is 0 Å². The summed E-state index contributed by atoms with van der Waals surface area (Å²) in [5, 5.41) is 8.94. The van der Waals surface area contributed by atoms with E-state index in [0.717, 1.165) is 19.4 Å². The van der Waals surface area contributed by atoms with Gasteiger partial charge in [-0.15, -0.1) is 10.2 Å². The summed E-state index contributed by atoms with van der Waals surface area (Å²) in [5.74, 6) is 0.811. The third-order valence-electron chi connectivity index (χ3n) is 3.95. The number of halogens is 1. The van der Waals surface area contributed by atoms with Crippen molar-refractivity contribution in [1.29, 1.82) is 0 Å². The Balaban J connectivity index is 1.61. The smallest absolute Gasteiger partial charge is 0.277 e. The fraction of sp³-hybridized carbons (Fsp3) is 0.438. The van der Waals surface area contributed by atoms with Gasteiger partial charge in [-0.3, -0.25) is 4.79 Å². The molecule has 0 spiro atoms. The highest BCUT2D eigenvalue weighted by Crippen LogP contribution is 2.29. The lowest BCUT2D eigenvalue weighted by Gasteiger charge is -2.33. The van der Waals surface area contributed by atoms with Crippen LogP contribution in [0.25, 0.3) is 11.5 Å². The molecule has 2 heterocycles. The summed E-state index contributed by atoms with van der Waals surface area (Å²) < 4.78 is 5.60. The number of carbonyl (C=O) groups is 1. The Morgan fingerprint density at radius 1 is 1.39 bits per heavy atom. The minimum atomic E-state index is 0.125. The number of nitrogens with zero attached hydrogens (tertiary/aromatic N) is 3. The Morgan fingerprint density at radius 3 is 3.00 bits per heavy atom. The first kappa shape index (κ1) is 16.3. The van der Waals surface area contributed by atoms with Crippen molar-refractivity contribution in [3.8, 4) is 11.5 Å². The molecule has 0 unspecified atom stereocenters. The van der Waals surface area contributed by atoms with E-state index in [1.807, 2.05) is 23.1 Å². The first-order valence-corrected chi connectivity index (χ1v) is 9.02. The van der Waals surface area contributed by atoms with E-state index in [0.29, 0.717) is 33.5 Å². The summed E-state index contributed by atoms with van der Waals surface area (Å²) in [4.78, 5) is 14.3. The quantitative estimate of drug-likeness (QED) is 0.782. The van der Waals surface area contributed by atoms with E-state index >= 15 is 0 Å². The first-order valence-electron chi connectivity index (χ1n) is 7.66. The van der Waals surface area contributed by atoms with Crippen LogP contribution in [0.3, 0.4) is 0 Å². The number of hydrogen-bond donors (Lipinski definition) is 0. The van der Waals surface area contributed by atoms with Crippen LogP contribution in [0.5, 0.6) is 0 Å². The van der Waals surface area contributed by atoms with Crippen LogP contribution in [-0.2, 0) is 4.79 Å². The van der Waals surface area contributed by atoms with Crippen molar-refractivity contribution in [2.75, 3.05) is 12.3 Å². The van der Waals surface area contributed by atoms with Gasteiger partial charge in [0.15, 0.2) is 0 Å². The highest BCUT2D eigenvalue weighted by molar-refractivity contribution is 7.99. The fourth-order valence-corrected chi connectivity index (χ4v) is 3.55. The maximum Gasteiger partial charge on any atom is 0.277 e. The lowest BCUT2D eigenvalue weighted by molar-refractivity contribution is -0.131. The van der Waals surface area contributed by atoms with Crippen molar-refractivity contribution in [2.45, 2.75) is 37.5 Å². The Bertz CT molecular complexity index is 691. The number of aromatic nitrogens is 2. The number of benzene rings is 1. The molecule has 0 radical (unpaired) electrons. The van der Waals surface area contributed by atoms with Crippen LogP contribution in [0, 0.1) is 0 Å². The van der Waals surface area contributed by atoms with Gasteiger partial charge < -0.3 is 9.32 Å². The van der Waals surface area contributed by atoms with Gasteiger partial charge in [0.2, 0.25) is 11.8 Å². The zero-order valence-electron chi connectivity index (χ0n) is 12.9. The van der Waals surface area contributed by atoms with Crippen molar-refractivity contribution in [1.82, 2.24) is 15.1 Å². The molecule has 1 fully saturated rings. The van der Waals surface area contributed by atoms with Crippen molar-refractivity contribution in [2.24, 2.45) is 0 Å². The van der Waals surface area contributed by atoms with E-state index in [9.17, 15) is 4.79 Å². The standard InChI is InChI=1S/C16H18ClN3O2S/c1-11-6-4-5-9-20(11)14(21)10-23-16-19-18-15(22-16)12-7-2-3-8-13(12)17/h2-3,7-8,11H,4-6,9-10H2,1H3/t11-/m0/s1. The van der Waals surface area contributed by atoms with Crippen molar-refractivity contribution in [3.05, 3.63) is 29.3 Å². The summed E-state index contributed by atoms with van der Waals surface area (Å²) in [6, 6.07) is 7.62. The predicted molar refractivity (Wildman–Crippen MR) is 90.5 cm³/mol. The van der Waals surface area contributed by atoms with Gasteiger partial charge in [-0.25, -0.2) is 0 Å². The van der Waals surface area contributed by atoms with Crippen molar-refractivity contribution >= 4 is 29.3 Å². The molecule has 1 saturated heterocycles. The number of rotatable bonds is 4. The van der Waals surface area contributed by atoms with Gasteiger partial charge in [0.1, 0.15) is 0 Å². The largest absolute Gasteiger partial charge is 0.411 e. The van der Waals surface area contributed by atoms with Gasteiger partial charge in [0.25, 0.3) is 5.22 Å². The normalized spacial score (nSPS) is 18.2. The monoisotopic (exact) mass is 351 g/mol. The summed E-state index contributed by atoms with van der Waals surface area (Å²) in [5.41, 5.74) is 0.699. The molecule has 3 rings (SSSR count). The van der Waals surface area contributed by atoms with Gasteiger partial charge in [-0.2, -0.15) is 0 Å². The number of amides is 1. The molecule has 2 aromatic rings.